The Balaban J connectivity index is 1.52. The molecular formula is C20H27N5O4. The highest BCUT2D eigenvalue weighted by Crippen LogP contribution is 2.35. The summed E-state index contributed by atoms with van der Waals surface area (Å²) >= 11 is 0. The maximum absolute atomic E-state index is 13.1. The molecule has 3 unspecified atom stereocenters. The second kappa shape index (κ2) is 7.81. The number of anilines is 1. The maximum atomic E-state index is 13.1. The van der Waals surface area contributed by atoms with Gasteiger partial charge in [-0.15, -0.1) is 0 Å². The van der Waals surface area contributed by atoms with Crippen LogP contribution >= 0.6 is 0 Å². The number of carbonyl (C=O) groups is 2. The number of carbonyl (C=O) groups excluding carboxylic acids is 2. The van der Waals surface area contributed by atoms with Crippen molar-refractivity contribution in [2.45, 2.75) is 50.9 Å². The van der Waals surface area contributed by atoms with Crippen LogP contribution in [0.15, 0.2) is 23.3 Å². The van der Waals surface area contributed by atoms with Crippen LogP contribution in [0.2, 0.25) is 0 Å². The zero-order valence-electron chi connectivity index (χ0n) is 17.0. The predicted octanol–water partition coefficient (Wildman–Crippen LogP) is 1.36. The number of amidine groups is 1. The van der Waals surface area contributed by atoms with Gasteiger partial charge in [0.05, 0.1) is 32.0 Å². The largest absolute Gasteiger partial charge is 0.497 e. The van der Waals surface area contributed by atoms with Crippen LogP contribution in [0.1, 0.15) is 32.6 Å². The zero-order chi connectivity index (χ0) is 20.5. The smallest absolute Gasteiger partial charge is 0.268 e. The fourth-order valence-electron chi connectivity index (χ4n) is 4.62. The number of nitrogens with zero attached hydrogens (tertiary/aromatic N) is 3. The Labute approximate surface area is 170 Å². The lowest BCUT2D eigenvalue weighted by molar-refractivity contribution is -0.151. The van der Waals surface area contributed by atoms with E-state index in [0.29, 0.717) is 17.2 Å². The molecule has 2 N–H and O–H groups in total. The second-order valence-electron chi connectivity index (χ2n) is 7.60. The van der Waals surface area contributed by atoms with E-state index in [1.165, 1.54) is 0 Å². The topological polar surface area (TPSA) is 95.5 Å². The van der Waals surface area contributed by atoms with E-state index in [-0.39, 0.29) is 30.4 Å². The van der Waals surface area contributed by atoms with Crippen LogP contribution in [-0.2, 0) is 9.59 Å². The number of amides is 2. The van der Waals surface area contributed by atoms with Gasteiger partial charge in [-0.3, -0.25) is 15.0 Å². The lowest BCUT2D eigenvalue weighted by atomic mass is 9.85. The number of piperazine rings is 1. The summed E-state index contributed by atoms with van der Waals surface area (Å²) in [5.74, 6) is 1.61. The summed E-state index contributed by atoms with van der Waals surface area (Å²) < 4.78 is 10.6. The van der Waals surface area contributed by atoms with E-state index in [2.05, 4.69) is 20.7 Å². The van der Waals surface area contributed by atoms with Crippen molar-refractivity contribution < 1.29 is 19.1 Å². The van der Waals surface area contributed by atoms with Crippen LogP contribution in [0, 0.1) is 0 Å². The number of benzene rings is 1. The monoisotopic (exact) mass is 401 g/mol. The van der Waals surface area contributed by atoms with Gasteiger partial charge < -0.3 is 24.6 Å². The predicted molar refractivity (Wildman–Crippen MR) is 108 cm³/mol. The fraction of sp³-hybridized carbons (Fsp3) is 0.550. The van der Waals surface area contributed by atoms with E-state index >= 15 is 0 Å². The lowest BCUT2D eigenvalue weighted by Gasteiger charge is -2.50. The standard InChI is InChI=1S/C20H27N5O4/c1-12-22-23-19-20(27)24(15-6-4-5-7-16(15)25(12)19)11-18(26)21-14-10-13(28-2)8-9-17(14)29-3/h8-10,15-16,19,23H,4-7,11H2,1-3H3,(H,21,26). The summed E-state index contributed by atoms with van der Waals surface area (Å²) in [6.07, 6.45) is 3.53. The van der Waals surface area contributed by atoms with Crippen molar-refractivity contribution in [3.63, 3.8) is 0 Å². The quantitative estimate of drug-likeness (QED) is 0.774. The summed E-state index contributed by atoms with van der Waals surface area (Å²) in [5, 5.41) is 7.13. The molecule has 0 radical (unpaired) electrons. The Bertz CT molecular complexity index is 842. The highest BCUT2D eigenvalue weighted by Gasteiger charge is 2.50. The number of nitrogens with one attached hydrogen (secondary N) is 2. The highest BCUT2D eigenvalue weighted by molar-refractivity contribution is 5.98. The molecule has 0 aromatic heterocycles. The molecule has 1 aromatic rings. The zero-order valence-corrected chi connectivity index (χ0v) is 17.0. The van der Waals surface area contributed by atoms with Crippen molar-refractivity contribution in [2.24, 2.45) is 5.10 Å². The van der Waals surface area contributed by atoms with Gasteiger partial charge in [-0.2, -0.15) is 5.10 Å². The van der Waals surface area contributed by atoms with Gasteiger partial charge in [0.2, 0.25) is 5.91 Å². The molecule has 9 nitrogen and oxygen atoms in total. The minimum absolute atomic E-state index is 0.00850. The third-order valence-electron chi connectivity index (χ3n) is 5.96. The molecule has 2 aliphatic heterocycles. The lowest BCUT2D eigenvalue weighted by Crippen LogP contribution is -2.69. The third-order valence-corrected chi connectivity index (χ3v) is 5.96. The Kier molecular flexibility index (Phi) is 5.21. The third kappa shape index (κ3) is 3.45. The van der Waals surface area contributed by atoms with E-state index in [4.69, 9.17) is 9.47 Å². The first kappa shape index (κ1) is 19.4. The number of methoxy groups -OCH3 is 2. The molecule has 156 valence electrons. The molecule has 1 saturated heterocycles. The summed E-state index contributed by atoms with van der Waals surface area (Å²) in [6, 6.07) is 5.39. The van der Waals surface area contributed by atoms with Crippen molar-refractivity contribution in [1.29, 1.82) is 0 Å². The number of rotatable bonds is 5. The summed E-state index contributed by atoms with van der Waals surface area (Å²) in [4.78, 5) is 29.8. The van der Waals surface area contributed by atoms with Gasteiger partial charge in [0, 0.05) is 6.07 Å². The molecule has 3 aliphatic rings. The molecule has 4 rings (SSSR count). The molecule has 3 atom stereocenters. The molecule has 1 saturated carbocycles. The molecule has 0 bridgehead atoms. The van der Waals surface area contributed by atoms with Crippen molar-refractivity contribution in [1.82, 2.24) is 15.2 Å². The Morgan fingerprint density at radius 3 is 2.72 bits per heavy atom. The van der Waals surface area contributed by atoms with Crippen molar-refractivity contribution in [3.05, 3.63) is 18.2 Å². The van der Waals surface area contributed by atoms with E-state index in [1.807, 2.05) is 6.92 Å². The number of fused-ring (bicyclic) bond motifs is 3. The maximum Gasteiger partial charge on any atom is 0.268 e. The first-order chi connectivity index (χ1) is 14.0. The number of ether oxygens (including phenoxy) is 2. The van der Waals surface area contributed by atoms with Gasteiger partial charge in [0.15, 0.2) is 6.17 Å². The minimum Gasteiger partial charge on any atom is -0.497 e. The van der Waals surface area contributed by atoms with Crippen molar-refractivity contribution >= 4 is 23.3 Å². The van der Waals surface area contributed by atoms with Crippen LogP contribution in [0.4, 0.5) is 5.69 Å². The van der Waals surface area contributed by atoms with Crippen LogP contribution in [-0.4, -0.2) is 66.5 Å². The average Bonchev–Trinajstić information content (AvgIpc) is 3.13. The number of hydrogen-bond acceptors (Lipinski definition) is 7. The van der Waals surface area contributed by atoms with Crippen molar-refractivity contribution in [3.8, 4) is 11.5 Å². The van der Waals surface area contributed by atoms with Gasteiger partial charge in [-0.1, -0.05) is 12.8 Å². The Morgan fingerprint density at radius 1 is 1.24 bits per heavy atom. The van der Waals surface area contributed by atoms with Gasteiger partial charge in [-0.25, -0.2) is 0 Å². The second-order valence-corrected chi connectivity index (χ2v) is 7.60. The molecule has 29 heavy (non-hydrogen) atoms. The Hall–Kier alpha value is -2.97. The summed E-state index contributed by atoms with van der Waals surface area (Å²) in [7, 11) is 3.11. The average molecular weight is 401 g/mol. The molecule has 0 spiro atoms. The van der Waals surface area contributed by atoms with Gasteiger partial charge in [0.1, 0.15) is 23.9 Å². The van der Waals surface area contributed by atoms with E-state index in [0.717, 1.165) is 31.5 Å². The molecule has 2 fully saturated rings. The fourth-order valence-corrected chi connectivity index (χ4v) is 4.62. The van der Waals surface area contributed by atoms with Crippen molar-refractivity contribution in [2.75, 3.05) is 26.1 Å². The molecule has 1 aromatic carbocycles. The molecule has 9 heteroatoms. The Morgan fingerprint density at radius 2 is 2.00 bits per heavy atom. The summed E-state index contributed by atoms with van der Waals surface area (Å²) in [6.45, 7) is 1.91. The molecular weight excluding hydrogens is 374 g/mol. The van der Waals surface area contributed by atoms with Gasteiger partial charge >= 0.3 is 0 Å². The van der Waals surface area contributed by atoms with E-state index < -0.39 is 6.17 Å². The summed E-state index contributed by atoms with van der Waals surface area (Å²) in [5.41, 5.74) is 3.45. The first-order valence-corrected chi connectivity index (χ1v) is 9.94. The van der Waals surface area contributed by atoms with Crippen LogP contribution in [0.3, 0.4) is 0 Å². The molecule has 2 heterocycles. The first-order valence-electron chi connectivity index (χ1n) is 9.94. The van der Waals surface area contributed by atoms with E-state index in [9.17, 15) is 9.59 Å². The minimum atomic E-state index is -0.520. The van der Waals surface area contributed by atoms with E-state index in [1.54, 1.807) is 37.3 Å². The molecule has 1 aliphatic carbocycles. The highest BCUT2D eigenvalue weighted by atomic mass is 16.5. The number of hydrogen-bond donors (Lipinski definition) is 2. The SMILES string of the molecule is COc1ccc(OC)c(NC(=O)CN2C(=O)C3NN=C(C)N3C3CCCCC32)c1. The molecule has 2 amide bonds. The van der Waals surface area contributed by atoms with Crippen LogP contribution < -0.4 is 20.2 Å². The van der Waals surface area contributed by atoms with Crippen LogP contribution in [0.5, 0.6) is 11.5 Å². The number of hydrazone groups is 1. The normalized spacial score (nSPS) is 25.6. The van der Waals surface area contributed by atoms with Gasteiger partial charge in [0.25, 0.3) is 5.91 Å². The van der Waals surface area contributed by atoms with Gasteiger partial charge in [-0.05, 0) is 31.9 Å². The van der Waals surface area contributed by atoms with Crippen LogP contribution in [0.25, 0.3) is 0 Å².